The van der Waals surface area contributed by atoms with E-state index in [0.29, 0.717) is 18.9 Å². The number of hydrogen-bond acceptors (Lipinski definition) is 3. The van der Waals surface area contributed by atoms with Crippen LogP contribution in [0.1, 0.15) is 110 Å². The molecular formula is C24H44O3. The predicted octanol–water partition coefficient (Wildman–Crippen LogP) is 6.99. The number of unbranched alkanes of at least 4 members (excludes halogenated alkanes) is 11. The zero-order valence-electron chi connectivity index (χ0n) is 17.9. The maximum absolute atomic E-state index is 11.8. The Morgan fingerprint density at radius 3 is 2.04 bits per heavy atom. The first-order valence-corrected chi connectivity index (χ1v) is 11.7. The van der Waals surface area contributed by atoms with Gasteiger partial charge in [0.05, 0.1) is 6.61 Å². The summed E-state index contributed by atoms with van der Waals surface area (Å²) in [4.78, 5) is 11.8. The van der Waals surface area contributed by atoms with E-state index in [1.54, 1.807) is 0 Å². The van der Waals surface area contributed by atoms with Crippen molar-refractivity contribution in [1.82, 2.24) is 0 Å². The normalized spacial score (nSPS) is 15.4. The molecule has 0 aliphatic carbocycles. The molecule has 0 amide bonds. The summed E-state index contributed by atoms with van der Waals surface area (Å²) in [5.41, 5.74) is 0. The van der Waals surface area contributed by atoms with Crippen LogP contribution in [0.25, 0.3) is 0 Å². The first-order valence-electron chi connectivity index (χ1n) is 11.7. The molecule has 3 heteroatoms. The van der Waals surface area contributed by atoms with Crippen molar-refractivity contribution in [3.8, 4) is 0 Å². The van der Waals surface area contributed by atoms with Gasteiger partial charge in [0.1, 0.15) is 0 Å². The van der Waals surface area contributed by atoms with Crippen molar-refractivity contribution in [2.24, 2.45) is 5.92 Å². The summed E-state index contributed by atoms with van der Waals surface area (Å²) in [5, 5.41) is 0. The van der Waals surface area contributed by atoms with Crippen molar-refractivity contribution in [1.29, 1.82) is 0 Å². The molecule has 1 aliphatic rings. The second kappa shape index (κ2) is 18.5. The molecule has 3 nitrogen and oxygen atoms in total. The van der Waals surface area contributed by atoms with Gasteiger partial charge in [-0.2, -0.15) is 0 Å². The van der Waals surface area contributed by atoms with Crippen LogP contribution in [-0.4, -0.2) is 25.8 Å². The molecule has 1 saturated heterocycles. The standard InChI is InChI=1S/C24H44O3/c1-2-3-4-5-6-7-8-9-10-11-12-13-14-15-16-17-24(25)27-22-23-18-20-26-21-19-23/h9-10,23H,2-8,11-22H2,1H3/b10-9-. The van der Waals surface area contributed by atoms with Crippen molar-refractivity contribution < 1.29 is 14.3 Å². The number of ether oxygens (including phenoxy) is 2. The average Bonchev–Trinajstić information content (AvgIpc) is 2.70. The molecule has 1 fully saturated rings. The average molecular weight is 381 g/mol. The number of carbonyl (C=O) groups excluding carboxylic acids is 1. The first kappa shape index (κ1) is 24.2. The molecule has 158 valence electrons. The van der Waals surface area contributed by atoms with Gasteiger partial charge in [-0.3, -0.25) is 4.79 Å². The monoisotopic (exact) mass is 380 g/mol. The quantitative estimate of drug-likeness (QED) is 0.155. The molecule has 0 atom stereocenters. The van der Waals surface area contributed by atoms with Gasteiger partial charge in [0, 0.05) is 19.6 Å². The summed E-state index contributed by atoms with van der Waals surface area (Å²) in [6, 6.07) is 0. The van der Waals surface area contributed by atoms with Crippen molar-refractivity contribution in [3.05, 3.63) is 12.2 Å². The smallest absolute Gasteiger partial charge is 0.305 e. The molecule has 1 aliphatic heterocycles. The largest absolute Gasteiger partial charge is 0.465 e. The molecule has 0 radical (unpaired) electrons. The van der Waals surface area contributed by atoms with Crippen LogP contribution in [0.3, 0.4) is 0 Å². The van der Waals surface area contributed by atoms with Crippen LogP contribution in [0.15, 0.2) is 12.2 Å². The minimum Gasteiger partial charge on any atom is -0.465 e. The van der Waals surface area contributed by atoms with Gasteiger partial charge in [-0.05, 0) is 50.9 Å². The molecule has 0 aromatic rings. The molecular weight excluding hydrogens is 336 g/mol. The Morgan fingerprint density at radius 1 is 0.852 bits per heavy atom. The van der Waals surface area contributed by atoms with Crippen LogP contribution in [0.5, 0.6) is 0 Å². The molecule has 0 bridgehead atoms. The van der Waals surface area contributed by atoms with Crippen molar-refractivity contribution in [2.45, 2.75) is 110 Å². The van der Waals surface area contributed by atoms with Crippen LogP contribution in [0.2, 0.25) is 0 Å². The van der Waals surface area contributed by atoms with Crippen molar-refractivity contribution in [3.63, 3.8) is 0 Å². The Kier molecular flexibility index (Phi) is 16.6. The number of rotatable bonds is 17. The van der Waals surface area contributed by atoms with Gasteiger partial charge in [0.2, 0.25) is 0 Å². The van der Waals surface area contributed by atoms with Crippen LogP contribution in [0, 0.1) is 5.92 Å². The molecule has 1 heterocycles. The third-order valence-corrected chi connectivity index (χ3v) is 5.46. The molecule has 0 N–H and O–H groups in total. The Labute approximate surface area is 168 Å². The summed E-state index contributed by atoms with van der Waals surface area (Å²) in [6.45, 7) is 4.49. The Bertz CT molecular complexity index is 359. The van der Waals surface area contributed by atoms with Gasteiger partial charge < -0.3 is 9.47 Å². The Morgan fingerprint density at radius 2 is 1.41 bits per heavy atom. The summed E-state index contributed by atoms with van der Waals surface area (Å²) in [7, 11) is 0. The Balaban J connectivity index is 1.78. The summed E-state index contributed by atoms with van der Waals surface area (Å²) in [6.07, 6.45) is 24.0. The second-order valence-corrected chi connectivity index (χ2v) is 8.07. The fraction of sp³-hybridized carbons (Fsp3) is 0.875. The minimum atomic E-state index is -0.0147. The van der Waals surface area contributed by atoms with E-state index in [9.17, 15) is 4.79 Å². The maximum Gasteiger partial charge on any atom is 0.305 e. The SMILES string of the molecule is CCCCCCCC/C=C\CCCCCCCC(=O)OCC1CCOCC1. The van der Waals surface area contributed by atoms with E-state index in [-0.39, 0.29) is 5.97 Å². The number of carbonyl (C=O) groups is 1. The van der Waals surface area contributed by atoms with Gasteiger partial charge >= 0.3 is 5.97 Å². The van der Waals surface area contributed by atoms with Gasteiger partial charge in [0.25, 0.3) is 0 Å². The minimum absolute atomic E-state index is 0.0147. The molecule has 0 aromatic carbocycles. The Hall–Kier alpha value is -0.830. The van der Waals surface area contributed by atoms with Crippen LogP contribution >= 0.6 is 0 Å². The lowest BCUT2D eigenvalue weighted by molar-refractivity contribution is -0.146. The first-order chi connectivity index (χ1) is 13.3. The highest BCUT2D eigenvalue weighted by Crippen LogP contribution is 2.15. The van der Waals surface area contributed by atoms with Gasteiger partial charge in [0.15, 0.2) is 0 Å². The molecule has 0 unspecified atom stereocenters. The lowest BCUT2D eigenvalue weighted by Gasteiger charge is -2.21. The summed E-state index contributed by atoms with van der Waals surface area (Å²) >= 11 is 0. The summed E-state index contributed by atoms with van der Waals surface area (Å²) in [5.74, 6) is 0.496. The highest BCUT2D eigenvalue weighted by Gasteiger charge is 2.15. The van der Waals surface area contributed by atoms with E-state index in [4.69, 9.17) is 9.47 Å². The predicted molar refractivity (Wildman–Crippen MR) is 114 cm³/mol. The second-order valence-electron chi connectivity index (χ2n) is 8.07. The van der Waals surface area contributed by atoms with E-state index < -0.39 is 0 Å². The van der Waals surface area contributed by atoms with Crippen molar-refractivity contribution >= 4 is 5.97 Å². The highest BCUT2D eigenvalue weighted by molar-refractivity contribution is 5.69. The van der Waals surface area contributed by atoms with Crippen LogP contribution in [0.4, 0.5) is 0 Å². The van der Waals surface area contributed by atoms with Crippen LogP contribution in [-0.2, 0) is 14.3 Å². The van der Waals surface area contributed by atoms with E-state index in [1.807, 2.05) is 0 Å². The molecule has 0 saturated carbocycles. The molecule has 27 heavy (non-hydrogen) atoms. The summed E-state index contributed by atoms with van der Waals surface area (Å²) < 4.78 is 10.7. The van der Waals surface area contributed by atoms with Crippen molar-refractivity contribution in [2.75, 3.05) is 19.8 Å². The number of esters is 1. The molecule has 1 rings (SSSR count). The van der Waals surface area contributed by atoms with Gasteiger partial charge in [-0.1, -0.05) is 70.4 Å². The maximum atomic E-state index is 11.8. The topological polar surface area (TPSA) is 35.5 Å². The van der Waals surface area contributed by atoms with E-state index in [0.717, 1.165) is 38.9 Å². The molecule has 0 spiro atoms. The number of allylic oxidation sites excluding steroid dienone is 2. The van der Waals surface area contributed by atoms with Gasteiger partial charge in [-0.15, -0.1) is 0 Å². The fourth-order valence-corrected chi connectivity index (χ4v) is 3.54. The van der Waals surface area contributed by atoms with E-state index >= 15 is 0 Å². The lowest BCUT2D eigenvalue weighted by atomic mass is 10.0. The van der Waals surface area contributed by atoms with E-state index in [1.165, 1.54) is 70.6 Å². The van der Waals surface area contributed by atoms with E-state index in [2.05, 4.69) is 19.1 Å². The van der Waals surface area contributed by atoms with Gasteiger partial charge in [-0.25, -0.2) is 0 Å². The highest BCUT2D eigenvalue weighted by atomic mass is 16.5. The lowest BCUT2D eigenvalue weighted by Crippen LogP contribution is -2.21. The third-order valence-electron chi connectivity index (χ3n) is 5.46. The number of hydrogen-bond donors (Lipinski definition) is 0. The fourth-order valence-electron chi connectivity index (χ4n) is 3.54. The molecule has 0 aromatic heterocycles. The third kappa shape index (κ3) is 15.9. The zero-order chi connectivity index (χ0) is 19.4. The van der Waals surface area contributed by atoms with Crippen LogP contribution < -0.4 is 0 Å². The zero-order valence-corrected chi connectivity index (χ0v) is 17.9.